The van der Waals surface area contributed by atoms with Crippen molar-refractivity contribution in [3.63, 3.8) is 0 Å². The molecular formula is C24H34N4O3. The molecule has 1 aromatic rings. The summed E-state index contributed by atoms with van der Waals surface area (Å²) in [5, 5.41) is 0. The Morgan fingerprint density at radius 1 is 1.00 bits per heavy atom. The highest BCUT2D eigenvalue weighted by atomic mass is 16.2. The van der Waals surface area contributed by atoms with Gasteiger partial charge in [0, 0.05) is 64.3 Å². The first-order valence-electron chi connectivity index (χ1n) is 11.4. The van der Waals surface area contributed by atoms with Crippen LogP contribution in [0.2, 0.25) is 0 Å². The summed E-state index contributed by atoms with van der Waals surface area (Å²) in [4.78, 5) is 46.8. The van der Waals surface area contributed by atoms with Gasteiger partial charge < -0.3 is 19.6 Å². The fourth-order valence-electron chi connectivity index (χ4n) is 6.02. The van der Waals surface area contributed by atoms with Crippen LogP contribution in [0.3, 0.4) is 0 Å². The zero-order valence-electron chi connectivity index (χ0n) is 19.2. The number of carbonyl (C=O) groups excluding carboxylic acids is 3. The lowest BCUT2D eigenvalue weighted by molar-refractivity contribution is -0.141. The van der Waals surface area contributed by atoms with E-state index < -0.39 is 5.41 Å². The molecule has 3 heterocycles. The number of fused-ring (bicyclic) bond motifs is 1. The van der Waals surface area contributed by atoms with Gasteiger partial charge in [-0.15, -0.1) is 0 Å². The molecule has 31 heavy (non-hydrogen) atoms. The van der Waals surface area contributed by atoms with Gasteiger partial charge in [-0.05, 0) is 44.7 Å². The Bertz CT molecular complexity index is 891. The van der Waals surface area contributed by atoms with E-state index in [0.717, 1.165) is 36.9 Å². The second kappa shape index (κ2) is 7.84. The summed E-state index contributed by atoms with van der Waals surface area (Å²) < 4.78 is 0. The predicted octanol–water partition coefficient (Wildman–Crippen LogP) is 2.45. The van der Waals surface area contributed by atoms with Crippen molar-refractivity contribution in [2.24, 2.45) is 10.8 Å². The van der Waals surface area contributed by atoms with Crippen LogP contribution in [0, 0.1) is 17.8 Å². The zero-order valence-corrected chi connectivity index (χ0v) is 19.2. The molecule has 3 aliphatic rings. The molecule has 7 heteroatoms. The maximum Gasteiger partial charge on any atom is 0.319 e. The van der Waals surface area contributed by atoms with Crippen molar-refractivity contribution in [2.75, 3.05) is 53.4 Å². The average molecular weight is 427 g/mol. The fourth-order valence-corrected chi connectivity index (χ4v) is 6.02. The van der Waals surface area contributed by atoms with Crippen LogP contribution in [0.1, 0.15) is 42.1 Å². The van der Waals surface area contributed by atoms with Crippen LogP contribution in [0.15, 0.2) is 24.3 Å². The first-order chi connectivity index (χ1) is 14.7. The number of carbonyl (C=O) groups is 3. The Balaban J connectivity index is 1.59. The van der Waals surface area contributed by atoms with Gasteiger partial charge in [0.1, 0.15) is 0 Å². The minimum Gasteiger partial charge on any atom is -0.342 e. The number of hydrogen-bond donors (Lipinski definition) is 0. The Morgan fingerprint density at radius 3 is 2.26 bits per heavy atom. The summed E-state index contributed by atoms with van der Waals surface area (Å²) in [6.45, 7) is 7.78. The lowest BCUT2D eigenvalue weighted by Gasteiger charge is -2.46. The topological polar surface area (TPSA) is 64.2 Å². The molecule has 3 aliphatic heterocycles. The molecule has 0 radical (unpaired) electrons. The van der Waals surface area contributed by atoms with E-state index in [2.05, 4.69) is 0 Å². The number of nitrogens with zero attached hydrogens (tertiary/aromatic N) is 4. The molecule has 3 saturated heterocycles. The second-order valence-corrected chi connectivity index (χ2v) is 9.64. The summed E-state index contributed by atoms with van der Waals surface area (Å²) in [6.07, 6.45) is 2.30. The summed E-state index contributed by atoms with van der Waals surface area (Å²) in [6, 6.07) is 7.67. The van der Waals surface area contributed by atoms with E-state index in [1.54, 1.807) is 19.0 Å². The van der Waals surface area contributed by atoms with Crippen molar-refractivity contribution < 1.29 is 14.4 Å². The van der Waals surface area contributed by atoms with E-state index in [1.165, 1.54) is 0 Å². The molecule has 0 aromatic heterocycles. The molecule has 4 rings (SSSR count). The highest BCUT2D eigenvalue weighted by Crippen LogP contribution is 2.58. The van der Waals surface area contributed by atoms with Gasteiger partial charge in [-0.3, -0.25) is 9.59 Å². The van der Waals surface area contributed by atoms with E-state index in [4.69, 9.17) is 0 Å². The molecule has 4 amide bonds. The van der Waals surface area contributed by atoms with Crippen LogP contribution < -0.4 is 0 Å². The van der Waals surface area contributed by atoms with Crippen LogP contribution in [-0.2, 0) is 4.79 Å². The zero-order chi connectivity index (χ0) is 22.4. The van der Waals surface area contributed by atoms with E-state index in [1.807, 2.05) is 52.8 Å². The summed E-state index contributed by atoms with van der Waals surface area (Å²) in [5.74, 6) is 0.261. The van der Waals surface area contributed by atoms with E-state index in [0.29, 0.717) is 32.7 Å². The molecule has 1 aromatic carbocycles. The third-order valence-electron chi connectivity index (χ3n) is 7.89. The van der Waals surface area contributed by atoms with Crippen LogP contribution in [0.4, 0.5) is 4.79 Å². The van der Waals surface area contributed by atoms with Gasteiger partial charge in [0.2, 0.25) is 5.91 Å². The fraction of sp³-hybridized carbons (Fsp3) is 0.625. The monoisotopic (exact) mass is 426 g/mol. The number of piperidine rings is 1. The number of urea groups is 1. The number of hydrogen-bond acceptors (Lipinski definition) is 3. The maximum absolute atomic E-state index is 13.5. The number of benzene rings is 1. The Labute approximate surface area is 185 Å². The third-order valence-corrected chi connectivity index (χ3v) is 7.89. The van der Waals surface area contributed by atoms with Crippen LogP contribution in [0.25, 0.3) is 0 Å². The average Bonchev–Trinajstić information content (AvgIpc) is 3.26. The molecule has 0 N–H and O–H groups in total. The minimum absolute atomic E-state index is 0.0302. The summed E-state index contributed by atoms with van der Waals surface area (Å²) >= 11 is 0. The van der Waals surface area contributed by atoms with Gasteiger partial charge in [0.05, 0.1) is 5.41 Å². The van der Waals surface area contributed by atoms with Gasteiger partial charge in [-0.2, -0.15) is 0 Å². The largest absolute Gasteiger partial charge is 0.342 e. The van der Waals surface area contributed by atoms with Gasteiger partial charge in [-0.25, -0.2) is 4.79 Å². The molecule has 0 aliphatic carbocycles. The molecule has 1 unspecified atom stereocenters. The number of amides is 4. The molecule has 1 atom stereocenters. The van der Waals surface area contributed by atoms with Crippen molar-refractivity contribution in [1.82, 2.24) is 19.6 Å². The highest BCUT2D eigenvalue weighted by Gasteiger charge is 2.66. The molecule has 7 nitrogen and oxygen atoms in total. The number of rotatable bonds is 2. The molecule has 168 valence electrons. The second-order valence-electron chi connectivity index (χ2n) is 9.64. The predicted molar refractivity (Wildman–Crippen MR) is 119 cm³/mol. The van der Waals surface area contributed by atoms with E-state index >= 15 is 0 Å². The molecule has 0 saturated carbocycles. The van der Waals surface area contributed by atoms with Gasteiger partial charge in [-0.1, -0.05) is 18.2 Å². The van der Waals surface area contributed by atoms with Gasteiger partial charge >= 0.3 is 6.03 Å². The SMILES string of the molecule is CCN1CCC2(CN(C(=O)N(C)C)CC23CCN(C(=O)c2ccccc2C)CC3)C1=O. The van der Waals surface area contributed by atoms with Crippen LogP contribution in [-0.4, -0.2) is 90.8 Å². The van der Waals surface area contributed by atoms with Crippen molar-refractivity contribution in [3.05, 3.63) is 35.4 Å². The highest BCUT2D eigenvalue weighted by molar-refractivity contribution is 5.95. The van der Waals surface area contributed by atoms with Crippen LogP contribution >= 0.6 is 0 Å². The quantitative estimate of drug-likeness (QED) is 0.730. The normalized spacial score (nSPS) is 25.0. The lowest BCUT2D eigenvalue weighted by Crippen LogP contribution is -2.53. The lowest BCUT2D eigenvalue weighted by atomic mass is 9.60. The molecular weight excluding hydrogens is 392 g/mol. The Morgan fingerprint density at radius 2 is 1.68 bits per heavy atom. The Kier molecular flexibility index (Phi) is 5.48. The maximum atomic E-state index is 13.5. The van der Waals surface area contributed by atoms with Crippen molar-refractivity contribution in [1.29, 1.82) is 0 Å². The first-order valence-corrected chi connectivity index (χ1v) is 11.4. The van der Waals surface area contributed by atoms with Gasteiger partial charge in [0.25, 0.3) is 5.91 Å². The minimum atomic E-state index is -0.521. The van der Waals surface area contributed by atoms with Crippen LogP contribution in [0.5, 0.6) is 0 Å². The third kappa shape index (κ3) is 3.29. The van der Waals surface area contributed by atoms with Crippen molar-refractivity contribution >= 4 is 17.8 Å². The molecule has 0 bridgehead atoms. The van der Waals surface area contributed by atoms with Crippen molar-refractivity contribution in [2.45, 2.75) is 33.1 Å². The summed E-state index contributed by atoms with van der Waals surface area (Å²) in [5.41, 5.74) is 0.949. The Hall–Kier alpha value is -2.57. The van der Waals surface area contributed by atoms with E-state index in [-0.39, 0.29) is 23.3 Å². The summed E-state index contributed by atoms with van der Waals surface area (Å²) in [7, 11) is 3.52. The van der Waals surface area contributed by atoms with Crippen molar-refractivity contribution in [3.8, 4) is 0 Å². The van der Waals surface area contributed by atoms with E-state index in [9.17, 15) is 14.4 Å². The number of aryl methyl sites for hydroxylation is 1. The number of likely N-dealkylation sites (tertiary alicyclic amines) is 3. The standard InChI is InChI=1S/C24H34N4O3/c1-5-26-15-12-24(21(26)30)17-28(22(31)25(3)4)16-23(24)10-13-27(14-11-23)20(29)19-9-7-6-8-18(19)2/h6-9H,5,10-17H2,1-4H3. The smallest absolute Gasteiger partial charge is 0.319 e. The molecule has 3 fully saturated rings. The van der Waals surface area contributed by atoms with Gasteiger partial charge in [0.15, 0.2) is 0 Å². The molecule has 2 spiro atoms. The first kappa shape index (κ1) is 21.7.